The Morgan fingerprint density at radius 3 is 2.78 bits per heavy atom. The minimum absolute atomic E-state index is 0.0862. The predicted molar refractivity (Wildman–Crippen MR) is 89.5 cm³/mol. The van der Waals surface area contributed by atoms with Crippen LogP contribution in [0.3, 0.4) is 0 Å². The number of aromatic nitrogens is 2. The van der Waals surface area contributed by atoms with Gasteiger partial charge in [0.15, 0.2) is 16.6 Å². The van der Waals surface area contributed by atoms with Gasteiger partial charge in [-0.3, -0.25) is 0 Å². The van der Waals surface area contributed by atoms with Crippen molar-refractivity contribution in [2.45, 2.75) is 6.92 Å². The molecule has 0 unspecified atom stereocenters. The summed E-state index contributed by atoms with van der Waals surface area (Å²) in [5.41, 5.74) is 1.43. The Kier molecular flexibility index (Phi) is 4.12. The SMILES string of the molecule is CCOC(=O)c1ncc2nc(N(C)c3ccccc3)sc2c1O. The van der Waals surface area contributed by atoms with Crippen LogP contribution in [0.25, 0.3) is 10.2 Å². The van der Waals surface area contributed by atoms with Crippen molar-refractivity contribution in [2.24, 2.45) is 0 Å². The van der Waals surface area contributed by atoms with Crippen molar-refractivity contribution in [1.82, 2.24) is 9.97 Å². The summed E-state index contributed by atoms with van der Waals surface area (Å²) in [6.45, 7) is 1.93. The van der Waals surface area contributed by atoms with Gasteiger partial charge in [0.2, 0.25) is 0 Å². The maximum Gasteiger partial charge on any atom is 0.360 e. The molecule has 0 bridgehead atoms. The number of hydrogen-bond acceptors (Lipinski definition) is 7. The number of thiazole rings is 1. The Balaban J connectivity index is 2.02. The molecule has 0 aliphatic rings. The number of esters is 1. The van der Waals surface area contributed by atoms with E-state index in [0.29, 0.717) is 15.3 Å². The first-order chi connectivity index (χ1) is 11.1. The molecule has 0 aliphatic heterocycles. The lowest BCUT2D eigenvalue weighted by Crippen LogP contribution is -2.08. The van der Waals surface area contributed by atoms with E-state index in [4.69, 9.17) is 4.74 Å². The average molecular weight is 329 g/mol. The fraction of sp³-hybridized carbons (Fsp3) is 0.188. The summed E-state index contributed by atoms with van der Waals surface area (Å²) in [5, 5.41) is 11.0. The molecule has 23 heavy (non-hydrogen) atoms. The zero-order valence-electron chi connectivity index (χ0n) is 12.7. The summed E-state index contributed by atoms with van der Waals surface area (Å²) in [5.74, 6) is -0.829. The number of ether oxygens (including phenoxy) is 1. The molecule has 0 saturated carbocycles. The van der Waals surface area contributed by atoms with Gasteiger partial charge in [-0.25, -0.2) is 14.8 Å². The highest BCUT2D eigenvalue weighted by molar-refractivity contribution is 7.22. The Hall–Kier alpha value is -2.67. The van der Waals surface area contributed by atoms with Crippen molar-refractivity contribution >= 4 is 38.3 Å². The summed E-state index contributed by atoms with van der Waals surface area (Å²) in [6, 6.07) is 9.76. The maximum absolute atomic E-state index is 11.8. The molecule has 0 spiro atoms. The van der Waals surface area contributed by atoms with E-state index < -0.39 is 5.97 Å². The fourth-order valence-corrected chi connectivity index (χ4v) is 3.09. The molecule has 2 aromatic heterocycles. The number of pyridine rings is 1. The van der Waals surface area contributed by atoms with Crippen LogP contribution in [-0.2, 0) is 4.74 Å². The van der Waals surface area contributed by atoms with Gasteiger partial charge in [-0.05, 0) is 19.1 Å². The Labute approximate surface area is 137 Å². The number of anilines is 2. The maximum atomic E-state index is 11.8. The molecule has 7 heteroatoms. The van der Waals surface area contributed by atoms with E-state index in [2.05, 4.69) is 9.97 Å². The lowest BCUT2D eigenvalue weighted by Gasteiger charge is -2.14. The standard InChI is InChI=1S/C16H15N3O3S/c1-3-22-15(21)12-13(20)14-11(9-17-12)18-16(23-14)19(2)10-7-5-4-6-8-10/h4-9,20H,3H2,1-2H3. The van der Waals surface area contributed by atoms with Gasteiger partial charge >= 0.3 is 5.97 Å². The molecule has 0 aliphatic carbocycles. The van der Waals surface area contributed by atoms with Crippen molar-refractivity contribution in [2.75, 3.05) is 18.6 Å². The van der Waals surface area contributed by atoms with Gasteiger partial charge in [-0.15, -0.1) is 0 Å². The van der Waals surface area contributed by atoms with Gasteiger partial charge in [0, 0.05) is 12.7 Å². The van der Waals surface area contributed by atoms with E-state index in [1.807, 2.05) is 42.3 Å². The lowest BCUT2D eigenvalue weighted by atomic mass is 10.3. The number of nitrogens with zero attached hydrogens (tertiary/aromatic N) is 3. The number of hydrogen-bond donors (Lipinski definition) is 1. The van der Waals surface area contributed by atoms with Crippen molar-refractivity contribution in [3.8, 4) is 5.75 Å². The Morgan fingerprint density at radius 2 is 2.09 bits per heavy atom. The molecular formula is C16H15N3O3S. The number of carbonyl (C=O) groups is 1. The summed E-state index contributed by atoms with van der Waals surface area (Å²) in [7, 11) is 1.89. The van der Waals surface area contributed by atoms with Crippen molar-refractivity contribution in [3.63, 3.8) is 0 Å². The molecule has 1 N–H and O–H groups in total. The van der Waals surface area contributed by atoms with Crippen LogP contribution in [0.5, 0.6) is 5.75 Å². The number of benzene rings is 1. The molecule has 1 aromatic carbocycles. The lowest BCUT2D eigenvalue weighted by molar-refractivity contribution is 0.0516. The topological polar surface area (TPSA) is 75.5 Å². The van der Waals surface area contributed by atoms with Gasteiger partial charge in [0.25, 0.3) is 0 Å². The first kappa shape index (κ1) is 15.2. The average Bonchev–Trinajstić information content (AvgIpc) is 3.00. The van der Waals surface area contributed by atoms with Gasteiger partial charge in [0.1, 0.15) is 10.2 Å². The largest absolute Gasteiger partial charge is 0.504 e. The van der Waals surface area contributed by atoms with Crippen LogP contribution in [-0.4, -0.2) is 34.7 Å². The first-order valence-electron chi connectivity index (χ1n) is 7.06. The molecule has 3 aromatic rings. The molecule has 3 rings (SSSR count). The zero-order chi connectivity index (χ0) is 16.4. The van der Waals surface area contributed by atoms with E-state index in [1.54, 1.807) is 6.92 Å². The zero-order valence-corrected chi connectivity index (χ0v) is 13.5. The quantitative estimate of drug-likeness (QED) is 0.740. The molecular weight excluding hydrogens is 314 g/mol. The van der Waals surface area contributed by atoms with E-state index in [9.17, 15) is 9.90 Å². The van der Waals surface area contributed by atoms with E-state index >= 15 is 0 Å². The summed E-state index contributed by atoms with van der Waals surface area (Å²) < 4.78 is 5.41. The molecule has 118 valence electrons. The highest BCUT2D eigenvalue weighted by atomic mass is 32.1. The second kappa shape index (κ2) is 6.21. The predicted octanol–water partition coefficient (Wildman–Crippen LogP) is 3.34. The molecule has 0 amide bonds. The fourth-order valence-electron chi connectivity index (χ4n) is 2.13. The van der Waals surface area contributed by atoms with Crippen LogP contribution >= 0.6 is 11.3 Å². The van der Waals surface area contributed by atoms with E-state index in [-0.39, 0.29) is 18.1 Å². The van der Waals surface area contributed by atoms with Crippen LogP contribution in [0.1, 0.15) is 17.4 Å². The summed E-state index contributed by atoms with van der Waals surface area (Å²) in [4.78, 5) is 22.1. The molecule has 0 fully saturated rings. The Morgan fingerprint density at radius 1 is 1.35 bits per heavy atom. The third-order valence-corrected chi connectivity index (χ3v) is 4.45. The summed E-state index contributed by atoms with van der Waals surface area (Å²) >= 11 is 1.29. The molecule has 0 radical (unpaired) electrons. The van der Waals surface area contributed by atoms with Crippen molar-refractivity contribution in [1.29, 1.82) is 0 Å². The van der Waals surface area contributed by atoms with Gasteiger partial charge in [-0.1, -0.05) is 29.5 Å². The number of carbonyl (C=O) groups excluding carboxylic acids is 1. The van der Waals surface area contributed by atoms with Crippen LogP contribution in [0.15, 0.2) is 36.5 Å². The highest BCUT2D eigenvalue weighted by Crippen LogP contribution is 2.37. The Bertz CT molecular complexity index is 848. The van der Waals surface area contributed by atoms with Crippen LogP contribution < -0.4 is 4.90 Å². The third kappa shape index (κ3) is 2.83. The van der Waals surface area contributed by atoms with Gasteiger partial charge < -0.3 is 14.7 Å². The minimum atomic E-state index is -0.640. The van der Waals surface area contributed by atoms with E-state index in [1.165, 1.54) is 17.5 Å². The van der Waals surface area contributed by atoms with Crippen molar-refractivity contribution < 1.29 is 14.6 Å². The smallest absolute Gasteiger partial charge is 0.360 e. The monoisotopic (exact) mass is 329 g/mol. The first-order valence-corrected chi connectivity index (χ1v) is 7.88. The normalized spacial score (nSPS) is 10.7. The second-order valence-corrected chi connectivity index (χ2v) is 5.76. The molecule has 0 saturated heterocycles. The van der Waals surface area contributed by atoms with Gasteiger partial charge in [0.05, 0.1) is 12.8 Å². The molecule has 0 atom stereocenters. The minimum Gasteiger partial charge on any atom is -0.504 e. The van der Waals surface area contributed by atoms with Gasteiger partial charge in [-0.2, -0.15) is 0 Å². The van der Waals surface area contributed by atoms with Crippen LogP contribution in [0.2, 0.25) is 0 Å². The second-order valence-electron chi connectivity index (χ2n) is 4.78. The molecule has 2 heterocycles. The van der Waals surface area contributed by atoms with Crippen molar-refractivity contribution in [3.05, 3.63) is 42.2 Å². The summed E-state index contributed by atoms with van der Waals surface area (Å²) in [6.07, 6.45) is 1.47. The van der Waals surface area contributed by atoms with E-state index in [0.717, 1.165) is 5.69 Å². The highest BCUT2D eigenvalue weighted by Gasteiger charge is 2.20. The van der Waals surface area contributed by atoms with Crippen LogP contribution in [0.4, 0.5) is 10.8 Å². The molecule has 6 nitrogen and oxygen atoms in total. The number of rotatable bonds is 4. The number of para-hydroxylation sites is 1. The van der Waals surface area contributed by atoms with Crippen LogP contribution in [0, 0.1) is 0 Å². The third-order valence-electron chi connectivity index (χ3n) is 3.30. The number of fused-ring (bicyclic) bond motifs is 1. The number of aromatic hydroxyl groups is 1.